The van der Waals surface area contributed by atoms with Gasteiger partial charge in [-0.3, -0.25) is 14.4 Å². The van der Waals surface area contributed by atoms with Gasteiger partial charge in [-0.15, -0.1) is 0 Å². The maximum absolute atomic E-state index is 13.7. The average molecular weight is 636 g/mol. The lowest BCUT2D eigenvalue weighted by Crippen LogP contribution is -2.58. The molecule has 0 aliphatic rings. The molecule has 3 aromatic carbocycles. The van der Waals surface area contributed by atoms with E-state index in [0.717, 1.165) is 0 Å². The summed E-state index contributed by atoms with van der Waals surface area (Å²) in [6.45, 7) is 0.347. The van der Waals surface area contributed by atoms with Crippen LogP contribution in [0.1, 0.15) is 36.0 Å². The number of unbranched alkanes of at least 4 members (excludes halogenated alkanes) is 1. The Kier molecular flexibility index (Phi) is 13.3. The Morgan fingerprint density at radius 3 is 1.41 bits per heavy atom. The number of amides is 3. The topological polar surface area (TPSA) is 237 Å². The summed E-state index contributed by atoms with van der Waals surface area (Å²) in [4.78, 5) is 52.2. The minimum Gasteiger partial charge on any atom is -0.508 e. The van der Waals surface area contributed by atoms with Crippen molar-refractivity contribution in [1.29, 1.82) is 0 Å². The molecule has 13 nitrogen and oxygen atoms in total. The molecule has 0 bridgehead atoms. The quantitative estimate of drug-likeness (QED) is 0.0947. The first-order chi connectivity index (χ1) is 21.9. The summed E-state index contributed by atoms with van der Waals surface area (Å²) in [5, 5.41) is 46.4. The molecular formula is C33H41N5O8. The molecule has 0 aromatic heterocycles. The fraction of sp³-hybridized carbons (Fsp3) is 0.333. The van der Waals surface area contributed by atoms with Gasteiger partial charge in [0, 0.05) is 12.8 Å². The van der Waals surface area contributed by atoms with Gasteiger partial charge in [0.05, 0.1) is 6.04 Å². The molecule has 0 heterocycles. The second-order valence-electron chi connectivity index (χ2n) is 11.0. The summed E-state index contributed by atoms with van der Waals surface area (Å²) in [5.41, 5.74) is 13.6. The normalized spacial score (nSPS) is 13.5. The third kappa shape index (κ3) is 11.4. The van der Waals surface area contributed by atoms with Crippen LogP contribution < -0.4 is 27.4 Å². The molecule has 3 aromatic rings. The van der Waals surface area contributed by atoms with Gasteiger partial charge in [0.2, 0.25) is 17.7 Å². The maximum Gasteiger partial charge on any atom is 0.326 e. The Labute approximate surface area is 266 Å². The van der Waals surface area contributed by atoms with Gasteiger partial charge < -0.3 is 47.8 Å². The monoisotopic (exact) mass is 635 g/mol. The van der Waals surface area contributed by atoms with Crippen molar-refractivity contribution in [3.63, 3.8) is 0 Å². The van der Waals surface area contributed by atoms with Crippen molar-refractivity contribution < 1.29 is 39.6 Å². The van der Waals surface area contributed by atoms with Crippen LogP contribution in [0.25, 0.3) is 0 Å². The van der Waals surface area contributed by atoms with Crippen LogP contribution in [-0.4, -0.2) is 74.8 Å². The Hall–Kier alpha value is -5.14. The van der Waals surface area contributed by atoms with Crippen LogP contribution in [0.4, 0.5) is 0 Å². The van der Waals surface area contributed by atoms with Gasteiger partial charge >= 0.3 is 5.97 Å². The molecule has 4 unspecified atom stereocenters. The first-order valence-electron chi connectivity index (χ1n) is 14.9. The van der Waals surface area contributed by atoms with E-state index in [9.17, 15) is 39.6 Å². The lowest BCUT2D eigenvalue weighted by molar-refractivity contribution is -0.142. The van der Waals surface area contributed by atoms with Crippen LogP contribution in [-0.2, 0) is 38.4 Å². The van der Waals surface area contributed by atoms with Gasteiger partial charge in [-0.25, -0.2) is 4.79 Å². The number of hydrogen-bond donors (Lipinski definition) is 9. The van der Waals surface area contributed by atoms with Crippen molar-refractivity contribution in [2.24, 2.45) is 11.5 Å². The summed E-state index contributed by atoms with van der Waals surface area (Å²) < 4.78 is 0. The van der Waals surface area contributed by atoms with Crippen LogP contribution in [0, 0.1) is 0 Å². The number of rotatable bonds is 17. The van der Waals surface area contributed by atoms with E-state index in [1.165, 1.54) is 36.4 Å². The first-order valence-corrected chi connectivity index (χ1v) is 14.9. The Morgan fingerprint density at radius 1 is 0.565 bits per heavy atom. The minimum atomic E-state index is -1.32. The molecule has 4 atom stereocenters. The van der Waals surface area contributed by atoms with Gasteiger partial charge in [0.15, 0.2) is 0 Å². The number of phenolic OH excluding ortho intramolecular Hbond substituents is 3. The number of phenols is 3. The molecule has 46 heavy (non-hydrogen) atoms. The number of carboxylic acid groups (broad SMARTS) is 1. The summed E-state index contributed by atoms with van der Waals surface area (Å²) in [7, 11) is 0. The molecule has 13 heteroatoms. The van der Waals surface area contributed by atoms with Crippen molar-refractivity contribution in [1.82, 2.24) is 16.0 Å². The number of aromatic hydroxyl groups is 3. The SMILES string of the molecule is NCCCCC(NC(=O)C(Cc1ccc(O)cc1)NC(=O)C(N)Cc1ccc(O)cc1)C(=O)NC(Cc1ccc(O)cc1)C(=O)O. The van der Waals surface area contributed by atoms with E-state index in [2.05, 4.69) is 16.0 Å². The zero-order valence-corrected chi connectivity index (χ0v) is 25.3. The highest BCUT2D eigenvalue weighted by molar-refractivity contribution is 5.94. The van der Waals surface area contributed by atoms with E-state index >= 15 is 0 Å². The molecule has 0 aliphatic carbocycles. The number of nitrogens with one attached hydrogen (secondary N) is 3. The molecule has 3 amide bonds. The highest BCUT2D eigenvalue weighted by atomic mass is 16.4. The molecule has 246 valence electrons. The highest BCUT2D eigenvalue weighted by Gasteiger charge is 2.30. The fourth-order valence-corrected chi connectivity index (χ4v) is 4.71. The third-order valence-electron chi connectivity index (χ3n) is 7.31. The Morgan fingerprint density at radius 2 is 0.957 bits per heavy atom. The van der Waals surface area contributed by atoms with Crippen molar-refractivity contribution in [3.05, 3.63) is 89.5 Å². The van der Waals surface area contributed by atoms with Gasteiger partial charge in [0.25, 0.3) is 0 Å². The molecule has 0 saturated heterocycles. The van der Waals surface area contributed by atoms with Gasteiger partial charge in [0.1, 0.15) is 35.4 Å². The molecule has 0 spiro atoms. The average Bonchev–Trinajstić information content (AvgIpc) is 3.02. The van der Waals surface area contributed by atoms with E-state index in [1.54, 1.807) is 36.4 Å². The number of carboxylic acids is 1. The number of nitrogens with two attached hydrogens (primary N) is 2. The van der Waals surface area contributed by atoms with E-state index in [0.29, 0.717) is 36.1 Å². The molecule has 0 fully saturated rings. The van der Waals surface area contributed by atoms with Gasteiger partial charge in [-0.05, 0) is 85.3 Å². The van der Waals surface area contributed by atoms with Crippen molar-refractivity contribution >= 4 is 23.7 Å². The van der Waals surface area contributed by atoms with Crippen molar-refractivity contribution in [2.75, 3.05) is 6.54 Å². The van der Waals surface area contributed by atoms with Crippen LogP contribution in [0.15, 0.2) is 72.8 Å². The second-order valence-corrected chi connectivity index (χ2v) is 11.0. The van der Waals surface area contributed by atoms with E-state index < -0.39 is 47.9 Å². The Bertz CT molecular complexity index is 1450. The first kappa shape index (κ1) is 35.3. The number of benzene rings is 3. The standard InChI is InChI=1S/C33H41N5O8/c34-16-2-1-3-27(31(43)38-29(33(45)46)19-22-8-14-25(41)15-9-22)36-32(44)28(18-21-6-12-24(40)13-7-21)37-30(42)26(35)17-20-4-10-23(39)11-5-20/h4-15,26-29,39-41H,1-3,16-19,34-35H2,(H,36,44)(H,37,42)(H,38,43)(H,45,46). The fourth-order valence-electron chi connectivity index (χ4n) is 4.71. The smallest absolute Gasteiger partial charge is 0.326 e. The molecule has 3 rings (SSSR count). The minimum absolute atomic E-state index is 0.000471. The van der Waals surface area contributed by atoms with Crippen LogP contribution in [0.2, 0.25) is 0 Å². The summed E-state index contributed by atoms with van der Waals surface area (Å²) in [5.74, 6) is -3.25. The van der Waals surface area contributed by atoms with Crippen LogP contribution in [0.3, 0.4) is 0 Å². The summed E-state index contributed by atoms with van der Waals surface area (Å²) in [6, 6.07) is 13.4. The van der Waals surface area contributed by atoms with Gasteiger partial charge in [-0.2, -0.15) is 0 Å². The number of hydrogen-bond acceptors (Lipinski definition) is 9. The molecule has 0 saturated carbocycles. The third-order valence-corrected chi connectivity index (χ3v) is 7.31. The van der Waals surface area contributed by atoms with Crippen molar-refractivity contribution in [2.45, 2.75) is 62.7 Å². The van der Waals surface area contributed by atoms with Crippen molar-refractivity contribution in [3.8, 4) is 17.2 Å². The predicted octanol–water partition coefficient (Wildman–Crippen LogP) is 0.827. The highest BCUT2D eigenvalue weighted by Crippen LogP contribution is 2.15. The second kappa shape index (κ2) is 17.4. The molecule has 11 N–H and O–H groups in total. The molecule has 0 aliphatic heterocycles. The van der Waals surface area contributed by atoms with Crippen LogP contribution >= 0.6 is 0 Å². The Balaban J connectivity index is 1.78. The zero-order chi connectivity index (χ0) is 33.6. The zero-order valence-electron chi connectivity index (χ0n) is 25.3. The number of carbonyl (C=O) groups is 4. The molecular weight excluding hydrogens is 594 g/mol. The number of aliphatic carboxylic acids is 1. The maximum atomic E-state index is 13.7. The van der Waals surface area contributed by atoms with Crippen LogP contribution in [0.5, 0.6) is 17.2 Å². The van der Waals surface area contributed by atoms with E-state index in [1.807, 2.05) is 0 Å². The summed E-state index contributed by atoms with van der Waals surface area (Å²) >= 11 is 0. The lowest BCUT2D eigenvalue weighted by atomic mass is 10.0. The predicted molar refractivity (Wildman–Crippen MR) is 170 cm³/mol. The van der Waals surface area contributed by atoms with E-state index in [4.69, 9.17) is 11.5 Å². The molecule has 0 radical (unpaired) electrons. The van der Waals surface area contributed by atoms with E-state index in [-0.39, 0.29) is 42.9 Å². The number of carbonyl (C=O) groups excluding carboxylic acids is 3. The largest absolute Gasteiger partial charge is 0.508 e. The van der Waals surface area contributed by atoms with Gasteiger partial charge in [-0.1, -0.05) is 36.4 Å². The lowest BCUT2D eigenvalue weighted by Gasteiger charge is -2.25. The summed E-state index contributed by atoms with van der Waals surface area (Å²) in [6.07, 6.45) is 1.22.